The first-order chi connectivity index (χ1) is 20.7. The summed E-state index contributed by atoms with van der Waals surface area (Å²) in [6.45, 7) is -0.386. The van der Waals surface area contributed by atoms with Crippen molar-refractivity contribution in [1.29, 1.82) is 0 Å². The van der Waals surface area contributed by atoms with Crippen molar-refractivity contribution in [3.63, 3.8) is 0 Å². The minimum Gasteiger partial charge on any atom is -0.497 e. The Morgan fingerprint density at radius 3 is 2.09 bits per heavy atom. The summed E-state index contributed by atoms with van der Waals surface area (Å²) >= 11 is 0. The number of hydrogen-bond donors (Lipinski definition) is 1. The first-order valence-corrected chi connectivity index (χ1v) is 16.4. The summed E-state index contributed by atoms with van der Waals surface area (Å²) in [5, 5.41) is 3.21. The number of anilines is 1. The molecular weight excluding hydrogens is 566 g/mol. The second-order valence-corrected chi connectivity index (χ2v) is 12.8. The van der Waals surface area contributed by atoms with Gasteiger partial charge in [-0.05, 0) is 36.1 Å². The molecule has 1 fully saturated rings. The van der Waals surface area contributed by atoms with Gasteiger partial charge in [-0.15, -0.1) is 0 Å². The molecule has 0 radical (unpaired) electrons. The lowest BCUT2D eigenvalue weighted by Crippen LogP contribution is -2.55. The average molecular weight is 608 g/mol. The fourth-order valence-corrected chi connectivity index (χ4v) is 6.32. The highest BCUT2D eigenvalue weighted by Gasteiger charge is 2.34. The van der Waals surface area contributed by atoms with Crippen molar-refractivity contribution in [3.05, 3.63) is 90.0 Å². The Kier molecular flexibility index (Phi) is 11.1. The second-order valence-electron chi connectivity index (χ2n) is 10.9. The highest BCUT2D eigenvalue weighted by Crippen LogP contribution is 2.34. The SMILES string of the molecule is COc1ccc(N(CC(=O)N(Cc2ccccc2)C(Cc2ccccc2)C(=O)NC2CCCCC2)S(C)(=O)=O)c(OC)c1. The Labute approximate surface area is 254 Å². The largest absolute Gasteiger partial charge is 0.497 e. The Hall–Kier alpha value is -4.05. The normalized spacial score (nSPS) is 14.4. The van der Waals surface area contributed by atoms with E-state index in [4.69, 9.17) is 9.47 Å². The molecule has 0 aromatic heterocycles. The molecule has 0 bridgehead atoms. The molecule has 3 aromatic rings. The molecule has 1 atom stereocenters. The first-order valence-electron chi connectivity index (χ1n) is 14.6. The maximum atomic E-state index is 14.3. The van der Waals surface area contributed by atoms with Crippen LogP contribution in [0.3, 0.4) is 0 Å². The van der Waals surface area contributed by atoms with Gasteiger partial charge in [-0.2, -0.15) is 0 Å². The molecule has 10 heteroatoms. The van der Waals surface area contributed by atoms with E-state index in [1.807, 2.05) is 60.7 Å². The van der Waals surface area contributed by atoms with Crippen LogP contribution in [0.5, 0.6) is 11.5 Å². The van der Waals surface area contributed by atoms with Crippen LogP contribution in [0.2, 0.25) is 0 Å². The van der Waals surface area contributed by atoms with Crippen molar-refractivity contribution in [2.24, 2.45) is 0 Å². The molecule has 43 heavy (non-hydrogen) atoms. The molecule has 0 spiro atoms. The van der Waals surface area contributed by atoms with Gasteiger partial charge >= 0.3 is 0 Å². The Morgan fingerprint density at radius 2 is 1.51 bits per heavy atom. The highest BCUT2D eigenvalue weighted by molar-refractivity contribution is 7.92. The molecule has 4 rings (SSSR count). The maximum Gasteiger partial charge on any atom is 0.244 e. The van der Waals surface area contributed by atoms with E-state index in [1.165, 1.54) is 19.1 Å². The van der Waals surface area contributed by atoms with Crippen molar-refractivity contribution >= 4 is 27.5 Å². The average Bonchev–Trinajstić information content (AvgIpc) is 3.02. The molecule has 2 amide bonds. The van der Waals surface area contributed by atoms with E-state index in [0.717, 1.165) is 53.8 Å². The van der Waals surface area contributed by atoms with Gasteiger partial charge in [-0.3, -0.25) is 13.9 Å². The Balaban J connectivity index is 1.73. The molecule has 1 aliphatic carbocycles. The summed E-state index contributed by atoms with van der Waals surface area (Å²) < 4.78 is 38.0. The summed E-state index contributed by atoms with van der Waals surface area (Å²) in [5.74, 6) is -0.0312. The molecule has 1 saturated carbocycles. The van der Waals surface area contributed by atoms with E-state index in [0.29, 0.717) is 5.75 Å². The van der Waals surface area contributed by atoms with Crippen molar-refractivity contribution in [1.82, 2.24) is 10.2 Å². The van der Waals surface area contributed by atoms with Crippen LogP contribution >= 0.6 is 0 Å². The smallest absolute Gasteiger partial charge is 0.244 e. The number of ether oxygens (including phenoxy) is 2. The predicted octanol–water partition coefficient (Wildman–Crippen LogP) is 4.56. The van der Waals surface area contributed by atoms with E-state index in [2.05, 4.69) is 5.32 Å². The molecule has 9 nitrogen and oxygen atoms in total. The number of sulfonamides is 1. The summed E-state index contributed by atoms with van der Waals surface area (Å²) in [4.78, 5) is 29.8. The van der Waals surface area contributed by atoms with Crippen LogP contribution in [0, 0.1) is 0 Å². The highest BCUT2D eigenvalue weighted by atomic mass is 32.2. The molecule has 230 valence electrons. The van der Waals surface area contributed by atoms with Crippen molar-refractivity contribution < 1.29 is 27.5 Å². The third-order valence-corrected chi connectivity index (χ3v) is 8.88. The standard InChI is InChI=1S/C33H41N3O6S/c1-41-28-19-20-29(31(22-28)42-2)36(43(3,39)40)24-32(37)35(23-26-15-9-5-10-16-26)30(21-25-13-7-4-8-14-25)33(38)34-27-17-11-6-12-18-27/h4-5,7-10,13-16,19-20,22,27,30H,6,11-12,17-18,21,23-24H2,1-3H3,(H,34,38). The Morgan fingerprint density at radius 1 is 0.884 bits per heavy atom. The van der Waals surface area contributed by atoms with Gasteiger partial charge < -0.3 is 19.7 Å². The van der Waals surface area contributed by atoms with Crippen LogP contribution in [0.1, 0.15) is 43.2 Å². The number of nitrogens with zero attached hydrogens (tertiary/aromatic N) is 2. The molecule has 3 aromatic carbocycles. The monoisotopic (exact) mass is 607 g/mol. The van der Waals surface area contributed by atoms with Crippen LogP contribution in [0.4, 0.5) is 5.69 Å². The topological polar surface area (TPSA) is 105 Å². The molecule has 0 saturated heterocycles. The minimum absolute atomic E-state index is 0.0456. The fourth-order valence-electron chi connectivity index (χ4n) is 5.46. The first kappa shape index (κ1) is 31.9. The number of rotatable bonds is 13. The van der Waals surface area contributed by atoms with Crippen LogP contribution in [-0.4, -0.2) is 64.2 Å². The lowest BCUT2D eigenvalue weighted by Gasteiger charge is -2.35. The number of amides is 2. The van der Waals surface area contributed by atoms with Gasteiger partial charge in [0.15, 0.2) is 0 Å². The second kappa shape index (κ2) is 14.9. The molecule has 1 aliphatic rings. The number of benzene rings is 3. The van der Waals surface area contributed by atoms with Gasteiger partial charge in [0.1, 0.15) is 24.1 Å². The zero-order valence-electron chi connectivity index (χ0n) is 25.1. The molecule has 1 N–H and O–H groups in total. The molecule has 0 heterocycles. The number of carbonyl (C=O) groups excluding carboxylic acids is 2. The zero-order chi connectivity index (χ0) is 30.8. The van der Waals surface area contributed by atoms with E-state index in [1.54, 1.807) is 18.2 Å². The number of methoxy groups -OCH3 is 2. The summed E-state index contributed by atoms with van der Waals surface area (Å²) in [7, 11) is -1.01. The summed E-state index contributed by atoms with van der Waals surface area (Å²) in [5.41, 5.74) is 1.92. The van der Waals surface area contributed by atoms with Gasteiger partial charge in [0.05, 0.1) is 26.2 Å². The lowest BCUT2D eigenvalue weighted by molar-refractivity contribution is -0.140. The van der Waals surface area contributed by atoms with Crippen LogP contribution in [0.25, 0.3) is 0 Å². The minimum atomic E-state index is -3.93. The molecular formula is C33H41N3O6S. The Bertz CT molecular complexity index is 1460. The van der Waals surface area contributed by atoms with Gasteiger partial charge in [0.2, 0.25) is 21.8 Å². The van der Waals surface area contributed by atoms with Crippen molar-refractivity contribution in [3.8, 4) is 11.5 Å². The molecule has 0 aliphatic heterocycles. The van der Waals surface area contributed by atoms with Crippen LogP contribution < -0.4 is 19.1 Å². The van der Waals surface area contributed by atoms with Crippen LogP contribution in [-0.2, 0) is 32.6 Å². The quantitative estimate of drug-likeness (QED) is 0.306. The van der Waals surface area contributed by atoms with Crippen molar-refractivity contribution in [2.75, 3.05) is 31.3 Å². The maximum absolute atomic E-state index is 14.3. The van der Waals surface area contributed by atoms with Gasteiger partial charge in [-0.1, -0.05) is 79.9 Å². The summed E-state index contributed by atoms with van der Waals surface area (Å²) in [6.07, 6.45) is 6.37. The van der Waals surface area contributed by atoms with E-state index in [9.17, 15) is 18.0 Å². The number of hydrogen-bond acceptors (Lipinski definition) is 6. The van der Waals surface area contributed by atoms with E-state index in [-0.39, 0.29) is 36.4 Å². The van der Waals surface area contributed by atoms with Gasteiger partial charge in [0.25, 0.3) is 0 Å². The predicted molar refractivity (Wildman–Crippen MR) is 168 cm³/mol. The summed E-state index contributed by atoms with van der Waals surface area (Å²) in [6, 6.07) is 22.9. The van der Waals surface area contributed by atoms with Crippen molar-refractivity contribution in [2.45, 2.75) is 57.2 Å². The fraction of sp³-hybridized carbons (Fsp3) is 0.394. The number of nitrogens with one attached hydrogen (secondary N) is 1. The molecule has 1 unspecified atom stereocenters. The lowest BCUT2D eigenvalue weighted by atomic mass is 9.94. The van der Waals surface area contributed by atoms with Crippen LogP contribution in [0.15, 0.2) is 78.9 Å². The van der Waals surface area contributed by atoms with Gasteiger partial charge in [0, 0.05) is 25.1 Å². The van der Waals surface area contributed by atoms with Gasteiger partial charge in [-0.25, -0.2) is 8.42 Å². The third kappa shape index (κ3) is 8.73. The van der Waals surface area contributed by atoms with E-state index < -0.39 is 28.5 Å². The third-order valence-electron chi connectivity index (χ3n) is 7.75. The zero-order valence-corrected chi connectivity index (χ0v) is 25.9. The van der Waals surface area contributed by atoms with E-state index >= 15 is 0 Å². The number of carbonyl (C=O) groups is 2.